The van der Waals surface area contributed by atoms with Crippen molar-refractivity contribution in [2.45, 2.75) is 12.5 Å². The number of benzene rings is 1. The molecule has 4 nitrogen and oxygen atoms in total. The van der Waals surface area contributed by atoms with E-state index in [0.29, 0.717) is 12.1 Å². The molecule has 1 aliphatic rings. The second kappa shape index (κ2) is 4.35. The summed E-state index contributed by atoms with van der Waals surface area (Å²) in [5, 5.41) is 2.57. The Morgan fingerprint density at radius 1 is 1.31 bits per heavy atom. The zero-order valence-electron chi connectivity index (χ0n) is 9.14. The molecule has 4 heteroatoms. The van der Waals surface area contributed by atoms with Gasteiger partial charge in [-0.25, -0.2) is 0 Å². The van der Waals surface area contributed by atoms with Gasteiger partial charge in [-0.1, -0.05) is 18.2 Å². The first-order valence-corrected chi connectivity index (χ1v) is 5.31. The SMILES string of the molecule is CNC(=O)C1CCN1C(=O)c1ccccc1. The number of rotatable bonds is 2. The number of nitrogens with zero attached hydrogens (tertiary/aromatic N) is 1. The summed E-state index contributed by atoms with van der Waals surface area (Å²) in [4.78, 5) is 25.0. The van der Waals surface area contributed by atoms with Crippen molar-refractivity contribution >= 4 is 11.8 Å². The van der Waals surface area contributed by atoms with Crippen molar-refractivity contribution in [2.75, 3.05) is 13.6 Å². The summed E-state index contributed by atoms with van der Waals surface area (Å²) in [5.74, 6) is -0.156. The molecule has 1 aliphatic heterocycles. The lowest BCUT2D eigenvalue weighted by molar-refractivity contribution is -0.128. The summed E-state index contributed by atoms with van der Waals surface area (Å²) in [7, 11) is 1.59. The van der Waals surface area contributed by atoms with Crippen LogP contribution in [0.25, 0.3) is 0 Å². The van der Waals surface area contributed by atoms with Crippen LogP contribution in [0.2, 0.25) is 0 Å². The smallest absolute Gasteiger partial charge is 0.254 e. The Hall–Kier alpha value is -1.84. The molecule has 1 unspecified atom stereocenters. The normalized spacial score (nSPS) is 18.8. The fourth-order valence-corrected chi connectivity index (χ4v) is 1.82. The highest BCUT2D eigenvalue weighted by atomic mass is 16.2. The van der Waals surface area contributed by atoms with Gasteiger partial charge >= 0.3 is 0 Å². The number of hydrogen-bond donors (Lipinski definition) is 1. The van der Waals surface area contributed by atoms with Gasteiger partial charge in [-0.2, -0.15) is 0 Å². The lowest BCUT2D eigenvalue weighted by Crippen LogP contribution is -2.57. The lowest BCUT2D eigenvalue weighted by Gasteiger charge is -2.39. The molecular formula is C12H14N2O2. The highest BCUT2D eigenvalue weighted by Crippen LogP contribution is 2.20. The summed E-state index contributed by atoms with van der Waals surface area (Å²) in [6, 6.07) is 8.74. The van der Waals surface area contributed by atoms with E-state index in [-0.39, 0.29) is 17.9 Å². The van der Waals surface area contributed by atoms with Crippen LogP contribution in [0.5, 0.6) is 0 Å². The highest BCUT2D eigenvalue weighted by Gasteiger charge is 2.37. The summed E-state index contributed by atoms with van der Waals surface area (Å²) in [5.41, 5.74) is 0.635. The van der Waals surface area contributed by atoms with Crippen LogP contribution < -0.4 is 5.32 Å². The van der Waals surface area contributed by atoms with E-state index < -0.39 is 0 Å². The topological polar surface area (TPSA) is 49.4 Å². The molecule has 0 aromatic heterocycles. The minimum atomic E-state index is -0.294. The Bertz CT molecular complexity index is 403. The molecule has 1 atom stereocenters. The second-order valence-electron chi connectivity index (χ2n) is 3.78. The Labute approximate surface area is 94.2 Å². The predicted molar refractivity (Wildman–Crippen MR) is 60.0 cm³/mol. The van der Waals surface area contributed by atoms with E-state index in [1.54, 1.807) is 24.1 Å². The molecule has 0 aliphatic carbocycles. The van der Waals surface area contributed by atoms with Gasteiger partial charge in [0, 0.05) is 19.2 Å². The van der Waals surface area contributed by atoms with Crippen LogP contribution in [0.1, 0.15) is 16.8 Å². The third-order valence-electron chi connectivity index (χ3n) is 2.85. The maximum absolute atomic E-state index is 12.0. The third-order valence-corrected chi connectivity index (χ3v) is 2.85. The molecule has 1 heterocycles. The van der Waals surface area contributed by atoms with E-state index in [1.807, 2.05) is 18.2 Å². The third kappa shape index (κ3) is 1.78. The fraction of sp³-hybridized carbons (Fsp3) is 0.333. The van der Waals surface area contributed by atoms with E-state index in [4.69, 9.17) is 0 Å². The summed E-state index contributed by atoms with van der Waals surface area (Å²) >= 11 is 0. The lowest BCUT2D eigenvalue weighted by atomic mass is 10.0. The van der Waals surface area contributed by atoms with Crippen LogP contribution in [0.4, 0.5) is 0 Å². The Balaban J connectivity index is 2.09. The van der Waals surface area contributed by atoms with Gasteiger partial charge in [-0.05, 0) is 18.6 Å². The average molecular weight is 218 g/mol. The number of likely N-dealkylation sites (N-methyl/N-ethyl adjacent to an activating group) is 1. The van der Waals surface area contributed by atoms with Crippen molar-refractivity contribution in [3.05, 3.63) is 35.9 Å². The molecule has 2 rings (SSSR count). The molecule has 1 aromatic rings. The van der Waals surface area contributed by atoms with Crippen molar-refractivity contribution in [3.8, 4) is 0 Å². The molecule has 2 amide bonds. The highest BCUT2D eigenvalue weighted by molar-refractivity contribution is 5.98. The van der Waals surface area contributed by atoms with Crippen LogP contribution in [0.3, 0.4) is 0 Å². The zero-order valence-corrected chi connectivity index (χ0v) is 9.14. The number of nitrogens with one attached hydrogen (secondary N) is 1. The molecule has 1 saturated heterocycles. The van der Waals surface area contributed by atoms with Gasteiger partial charge in [-0.15, -0.1) is 0 Å². The van der Waals surface area contributed by atoms with E-state index >= 15 is 0 Å². The van der Waals surface area contributed by atoms with Crippen molar-refractivity contribution in [1.82, 2.24) is 10.2 Å². The minimum Gasteiger partial charge on any atom is -0.357 e. The molecule has 16 heavy (non-hydrogen) atoms. The number of carbonyl (C=O) groups is 2. The molecule has 1 fully saturated rings. The summed E-state index contributed by atoms with van der Waals surface area (Å²) < 4.78 is 0. The van der Waals surface area contributed by atoms with E-state index in [2.05, 4.69) is 5.32 Å². The van der Waals surface area contributed by atoms with Crippen LogP contribution in [-0.2, 0) is 4.79 Å². The van der Waals surface area contributed by atoms with Crippen molar-refractivity contribution in [1.29, 1.82) is 0 Å². The first-order valence-electron chi connectivity index (χ1n) is 5.31. The molecule has 84 valence electrons. The monoisotopic (exact) mass is 218 g/mol. The second-order valence-corrected chi connectivity index (χ2v) is 3.78. The van der Waals surface area contributed by atoms with Gasteiger partial charge in [0.2, 0.25) is 5.91 Å². The molecule has 0 spiro atoms. The van der Waals surface area contributed by atoms with Crippen LogP contribution in [-0.4, -0.2) is 36.3 Å². The molecule has 1 N–H and O–H groups in total. The summed E-state index contributed by atoms with van der Waals surface area (Å²) in [6.45, 7) is 0.659. The Kier molecular flexibility index (Phi) is 2.90. The van der Waals surface area contributed by atoms with Crippen LogP contribution >= 0.6 is 0 Å². The number of carbonyl (C=O) groups excluding carboxylic acids is 2. The van der Waals surface area contributed by atoms with Crippen molar-refractivity contribution < 1.29 is 9.59 Å². The molecule has 0 saturated carbocycles. The predicted octanol–water partition coefficient (Wildman–Crippen LogP) is 0.647. The van der Waals surface area contributed by atoms with Gasteiger partial charge in [0.15, 0.2) is 0 Å². The molecule has 1 aromatic carbocycles. The van der Waals surface area contributed by atoms with E-state index in [9.17, 15) is 9.59 Å². The first-order chi connectivity index (χ1) is 7.74. The van der Waals surface area contributed by atoms with Crippen LogP contribution in [0, 0.1) is 0 Å². The first kappa shape index (κ1) is 10.7. The number of likely N-dealkylation sites (tertiary alicyclic amines) is 1. The largest absolute Gasteiger partial charge is 0.357 e. The van der Waals surface area contributed by atoms with Crippen molar-refractivity contribution in [2.24, 2.45) is 0 Å². The Morgan fingerprint density at radius 3 is 2.50 bits per heavy atom. The number of amides is 2. The van der Waals surface area contributed by atoms with Gasteiger partial charge in [0.05, 0.1) is 0 Å². The number of hydrogen-bond acceptors (Lipinski definition) is 2. The standard InChI is InChI=1S/C12H14N2O2/c1-13-11(15)10-7-8-14(10)12(16)9-5-3-2-4-6-9/h2-6,10H,7-8H2,1H3,(H,13,15). The zero-order chi connectivity index (χ0) is 11.5. The summed E-state index contributed by atoms with van der Waals surface area (Å²) in [6.07, 6.45) is 0.748. The van der Waals surface area contributed by atoms with E-state index in [1.165, 1.54) is 0 Å². The maximum Gasteiger partial charge on any atom is 0.254 e. The fourth-order valence-electron chi connectivity index (χ4n) is 1.82. The van der Waals surface area contributed by atoms with Gasteiger partial charge in [0.1, 0.15) is 6.04 Å². The molecule has 0 radical (unpaired) electrons. The Morgan fingerprint density at radius 2 is 2.00 bits per heavy atom. The molecule has 0 bridgehead atoms. The van der Waals surface area contributed by atoms with Crippen LogP contribution in [0.15, 0.2) is 30.3 Å². The quantitative estimate of drug-likeness (QED) is 0.792. The average Bonchev–Trinajstić information content (AvgIpc) is 2.28. The van der Waals surface area contributed by atoms with Gasteiger partial charge < -0.3 is 10.2 Å². The van der Waals surface area contributed by atoms with E-state index in [0.717, 1.165) is 6.42 Å². The van der Waals surface area contributed by atoms with Gasteiger partial charge in [0.25, 0.3) is 5.91 Å². The van der Waals surface area contributed by atoms with Crippen molar-refractivity contribution in [3.63, 3.8) is 0 Å². The minimum absolute atomic E-state index is 0.0690. The van der Waals surface area contributed by atoms with Gasteiger partial charge in [-0.3, -0.25) is 9.59 Å². The molecular weight excluding hydrogens is 204 g/mol. The maximum atomic E-state index is 12.0.